The summed E-state index contributed by atoms with van der Waals surface area (Å²) < 4.78 is 66.0. The molecule has 0 unspecified atom stereocenters. The fraction of sp³-hybridized carbons (Fsp3) is 0.417. The first-order valence-electron chi connectivity index (χ1n) is 12.2. The van der Waals surface area contributed by atoms with Crippen molar-refractivity contribution in [2.24, 2.45) is 5.41 Å². The third-order valence-corrected chi connectivity index (χ3v) is 4.70. The molecule has 0 radical (unpaired) electrons. The number of halogens is 6. The normalized spacial score (nSPS) is 13.4. The molecule has 0 aliphatic carbocycles. The molecule has 3 aromatic rings. The summed E-state index contributed by atoms with van der Waals surface area (Å²) in [7, 11) is -3.09. The second-order valence-electron chi connectivity index (χ2n) is 10.3. The maximum absolute atomic E-state index is 11.6. The number of hydrogen-bond donors (Lipinski definition) is 2. The first-order valence-corrected chi connectivity index (χ1v) is 14.2. The molecule has 0 saturated heterocycles. The van der Waals surface area contributed by atoms with E-state index in [9.17, 15) is 34.8 Å². The van der Waals surface area contributed by atoms with E-state index in [4.69, 9.17) is 14.7 Å². The number of amides is 1. The predicted octanol–water partition coefficient (Wildman–Crippen LogP) is 5.24. The Hall–Kier alpha value is -4.21. The Morgan fingerprint density at radius 2 is 1.60 bits per heavy atom. The van der Waals surface area contributed by atoms with Crippen molar-refractivity contribution >= 4 is 37.1 Å². The van der Waals surface area contributed by atoms with E-state index in [1.54, 1.807) is 27.0 Å². The van der Waals surface area contributed by atoms with Crippen molar-refractivity contribution in [3.8, 4) is 0 Å². The summed E-state index contributed by atoms with van der Waals surface area (Å²) in [6.07, 6.45) is 0.947. The van der Waals surface area contributed by atoms with E-state index in [2.05, 4.69) is 20.6 Å². The number of aliphatic carboxylic acids is 1. The first-order chi connectivity index (χ1) is 19.3. The molecule has 1 aromatic carbocycles. The average Bonchev–Trinajstić information content (AvgIpc) is 3.25. The second kappa shape index (κ2) is 13.4. The van der Waals surface area contributed by atoms with Crippen LogP contribution in [0.2, 0.25) is 0 Å². The first kappa shape index (κ1) is 36.8. The van der Waals surface area contributed by atoms with Crippen LogP contribution in [0, 0.1) is 5.41 Å². The Bertz CT molecular complexity index is 1400. The maximum atomic E-state index is 11.6. The Balaban J connectivity index is 0.000000355. The molecule has 0 bridgehead atoms. The molecule has 0 saturated carbocycles. The van der Waals surface area contributed by atoms with Crippen LogP contribution in [0.15, 0.2) is 48.7 Å². The van der Waals surface area contributed by atoms with Gasteiger partial charge in [-0.25, -0.2) is 24.0 Å². The predicted molar refractivity (Wildman–Crippen MR) is 147 cm³/mol. The van der Waals surface area contributed by atoms with Crippen LogP contribution in [0.3, 0.4) is 0 Å². The fourth-order valence-corrected chi connectivity index (χ4v) is 2.98. The van der Waals surface area contributed by atoms with Crippen molar-refractivity contribution in [3.63, 3.8) is 0 Å². The molecule has 43 heavy (non-hydrogen) atoms. The van der Waals surface area contributed by atoms with Crippen LogP contribution < -0.4 is 10.2 Å². The molecule has 2 aromatic heterocycles. The monoisotopic (exact) mass is 645 g/mol. The summed E-state index contributed by atoms with van der Waals surface area (Å²) in [5.74, 6) is -1.08. The number of carbonyl (C=O) groups excluding carboxylic acids is 1. The van der Waals surface area contributed by atoms with Gasteiger partial charge >= 0.3 is 51.1 Å². The van der Waals surface area contributed by atoms with Crippen molar-refractivity contribution in [1.29, 1.82) is 0 Å². The molecule has 2 heterocycles. The number of carboxylic acids is 1. The Morgan fingerprint density at radius 3 is 2.07 bits per heavy atom. The van der Waals surface area contributed by atoms with Crippen LogP contribution in [0.1, 0.15) is 26.3 Å². The van der Waals surface area contributed by atoms with Gasteiger partial charge in [0.25, 0.3) is 0 Å². The van der Waals surface area contributed by atoms with Crippen LogP contribution in [0.5, 0.6) is 0 Å². The van der Waals surface area contributed by atoms with Crippen molar-refractivity contribution in [1.82, 2.24) is 30.4 Å². The third kappa shape index (κ3) is 16.1. The quantitative estimate of drug-likeness (QED) is 0.126. The van der Waals surface area contributed by atoms with E-state index in [-0.39, 0.29) is 6.61 Å². The van der Waals surface area contributed by atoms with Crippen molar-refractivity contribution in [2.75, 3.05) is 28.2 Å². The summed E-state index contributed by atoms with van der Waals surface area (Å²) in [5.41, 5.74) is 1.55. The van der Waals surface area contributed by atoms with Crippen LogP contribution in [-0.4, -0.2) is 87.0 Å². The number of hydrogen-bond acceptors (Lipinski definition) is 7. The van der Waals surface area contributed by atoms with Gasteiger partial charge in [0.15, 0.2) is 0 Å². The standard InChI is InChI=1S/C14H19NO4.C10H15N6O.F6P/c1-14(2,3)11(12(16)17)15-13(18)19-9-10-7-5-4-6-8-10;1-14(2)10(15(3)4)17-16-9-8(12-13-16)6-5-7-11-9;1-7(2,3,4,5)6/h4-8,11H,9H2,1-3H3,(H,15,18)(H,16,17);5-7H,1-4H3;/q;+1;-1/t11-;;/m1../s1. The minimum atomic E-state index is -10.7. The SMILES string of the molecule is CC(C)(C)[C@H](NC(=O)OCc1ccccc1)C(=O)O.CN(C)C(On1nnc2cccnc21)=[N+](C)C.F[P-](F)(F)(F)(F)F. The van der Waals surface area contributed by atoms with Crippen LogP contribution in [0.4, 0.5) is 30.0 Å². The van der Waals surface area contributed by atoms with Crippen LogP contribution in [0.25, 0.3) is 11.2 Å². The number of alkyl carbamates (subject to hydrolysis) is 1. The number of carbonyl (C=O) groups is 2. The Labute approximate surface area is 243 Å². The minimum absolute atomic E-state index is 0.114. The van der Waals surface area contributed by atoms with Crippen molar-refractivity contribution < 1.29 is 54.0 Å². The topological polar surface area (TPSA) is 135 Å². The molecule has 12 nitrogen and oxygen atoms in total. The molecule has 1 atom stereocenters. The van der Waals surface area contributed by atoms with Gasteiger partial charge in [0.2, 0.25) is 5.65 Å². The Morgan fingerprint density at radius 1 is 1.05 bits per heavy atom. The molecule has 3 rings (SSSR count). The summed E-state index contributed by atoms with van der Waals surface area (Å²) in [6.45, 7) is 5.33. The molecule has 0 aliphatic rings. The fourth-order valence-electron chi connectivity index (χ4n) is 2.98. The molecular formula is C24H34F6N7O5P. The molecule has 1 amide bonds. The molecule has 0 aliphatic heterocycles. The van der Waals surface area contributed by atoms with Gasteiger partial charge in [0.05, 0.1) is 28.2 Å². The van der Waals surface area contributed by atoms with Gasteiger partial charge < -0.3 is 15.2 Å². The number of pyridine rings is 1. The number of rotatable bonds is 5. The molecule has 242 valence electrons. The average molecular weight is 646 g/mol. The third-order valence-electron chi connectivity index (χ3n) is 4.70. The summed E-state index contributed by atoms with van der Waals surface area (Å²) in [4.78, 5) is 35.6. The van der Waals surface area contributed by atoms with Gasteiger partial charge in [0, 0.05) is 6.20 Å². The van der Waals surface area contributed by atoms with Crippen molar-refractivity contribution in [3.05, 3.63) is 54.2 Å². The molecule has 0 fully saturated rings. The number of amidine groups is 1. The van der Waals surface area contributed by atoms with Crippen LogP contribution in [-0.2, 0) is 16.1 Å². The molecular weight excluding hydrogens is 611 g/mol. The van der Waals surface area contributed by atoms with Gasteiger partial charge in [-0.1, -0.05) is 51.1 Å². The number of carboxylic acid groups (broad SMARTS) is 1. The van der Waals surface area contributed by atoms with E-state index in [1.807, 2.05) is 80.1 Å². The number of nitrogens with zero attached hydrogens (tertiary/aromatic N) is 6. The second-order valence-corrected chi connectivity index (χ2v) is 12.2. The zero-order valence-electron chi connectivity index (χ0n) is 24.4. The zero-order chi connectivity index (χ0) is 33.3. The zero-order valence-corrected chi connectivity index (χ0v) is 25.3. The van der Waals surface area contributed by atoms with E-state index in [1.165, 1.54) is 4.85 Å². The summed E-state index contributed by atoms with van der Waals surface area (Å²) >= 11 is 0. The summed E-state index contributed by atoms with van der Waals surface area (Å²) in [5, 5.41) is 19.3. The van der Waals surface area contributed by atoms with Gasteiger partial charge in [-0.05, 0) is 33.2 Å². The van der Waals surface area contributed by atoms with Gasteiger partial charge in [-0.3, -0.25) is 4.84 Å². The van der Waals surface area contributed by atoms with Crippen LogP contribution >= 0.6 is 7.81 Å². The Kier molecular flexibility index (Phi) is 11.5. The number of ether oxygens (including phenoxy) is 1. The number of aromatic nitrogens is 4. The van der Waals surface area contributed by atoms with E-state index in [0.29, 0.717) is 17.2 Å². The van der Waals surface area contributed by atoms with Gasteiger partial charge in [-0.2, -0.15) is 0 Å². The molecule has 0 spiro atoms. The summed E-state index contributed by atoms with van der Waals surface area (Å²) in [6, 6.07) is 12.5. The van der Waals surface area contributed by atoms with Crippen molar-refractivity contribution in [2.45, 2.75) is 33.4 Å². The van der Waals surface area contributed by atoms with Gasteiger partial charge in [-0.15, -0.1) is 5.10 Å². The van der Waals surface area contributed by atoms with E-state index < -0.39 is 31.3 Å². The van der Waals surface area contributed by atoms with Gasteiger partial charge in [0.1, 0.15) is 18.2 Å². The number of benzene rings is 1. The molecule has 2 N–H and O–H groups in total. The van der Waals surface area contributed by atoms with E-state index in [0.717, 1.165) is 5.56 Å². The number of fused-ring (bicyclic) bond motifs is 1. The molecule has 19 heteroatoms. The number of nitrogens with one attached hydrogen (secondary N) is 1. The van der Waals surface area contributed by atoms with E-state index >= 15 is 0 Å².